The van der Waals surface area contributed by atoms with E-state index in [1.54, 1.807) is 0 Å². The minimum absolute atomic E-state index is 0.0494. The van der Waals surface area contributed by atoms with Crippen LogP contribution in [-0.4, -0.2) is 10.1 Å². The Morgan fingerprint density at radius 2 is 2.21 bits per heavy atom. The van der Waals surface area contributed by atoms with Crippen LogP contribution < -0.4 is 5.73 Å². The van der Waals surface area contributed by atoms with E-state index >= 15 is 0 Å². The van der Waals surface area contributed by atoms with Crippen molar-refractivity contribution in [2.45, 2.75) is 18.4 Å². The Hall–Kier alpha value is -0.750. The molecule has 1 rings (SSSR count). The molecule has 0 aromatic carbocycles. The lowest BCUT2D eigenvalue weighted by Gasteiger charge is -2.12. The lowest BCUT2D eigenvalue weighted by atomic mass is 10.1. The first kappa shape index (κ1) is 11.3. The number of nitrogens with zero attached hydrogens (tertiary/aromatic N) is 1. The molecular weight excluding hydrogens is 258 g/mol. The fraction of sp³-hybridized carbons (Fsp3) is 0.375. The number of anilines is 1. The number of aliphatic hydroxyl groups is 1. The standard InChI is InChI=1S/C8H9BrF2N2O/c9-1-4-6(3-14)13-2-5(12)7(4)8(10)11/h2,8,14H,1,3,12H2. The average Bonchev–Trinajstić information content (AvgIpc) is 2.16. The summed E-state index contributed by atoms with van der Waals surface area (Å²) in [5.74, 6) is 0. The number of alkyl halides is 3. The lowest BCUT2D eigenvalue weighted by molar-refractivity contribution is 0.151. The third-order valence-electron chi connectivity index (χ3n) is 1.85. The summed E-state index contributed by atoms with van der Waals surface area (Å²) in [5, 5.41) is 9.07. The highest BCUT2D eigenvalue weighted by Crippen LogP contribution is 2.31. The van der Waals surface area contributed by atoms with Crippen molar-refractivity contribution < 1.29 is 13.9 Å². The van der Waals surface area contributed by atoms with Crippen molar-refractivity contribution >= 4 is 21.6 Å². The van der Waals surface area contributed by atoms with Crippen molar-refractivity contribution in [2.75, 3.05) is 5.73 Å². The van der Waals surface area contributed by atoms with Gasteiger partial charge in [0.15, 0.2) is 0 Å². The van der Waals surface area contributed by atoms with E-state index in [4.69, 9.17) is 10.8 Å². The van der Waals surface area contributed by atoms with E-state index in [0.29, 0.717) is 0 Å². The predicted molar refractivity (Wildman–Crippen MR) is 52.2 cm³/mol. The molecule has 0 amide bonds. The van der Waals surface area contributed by atoms with Crippen molar-refractivity contribution in [1.29, 1.82) is 0 Å². The molecule has 1 heterocycles. The van der Waals surface area contributed by atoms with Gasteiger partial charge in [-0.3, -0.25) is 4.98 Å². The Kier molecular flexibility index (Phi) is 3.77. The number of halogens is 3. The van der Waals surface area contributed by atoms with E-state index in [1.807, 2.05) is 0 Å². The van der Waals surface area contributed by atoms with E-state index in [-0.39, 0.29) is 34.4 Å². The normalized spacial score (nSPS) is 10.9. The van der Waals surface area contributed by atoms with Crippen LogP contribution in [0.4, 0.5) is 14.5 Å². The summed E-state index contributed by atoms with van der Waals surface area (Å²) in [6.07, 6.45) is -1.52. The van der Waals surface area contributed by atoms with Gasteiger partial charge in [0.1, 0.15) is 0 Å². The second kappa shape index (κ2) is 4.65. The van der Waals surface area contributed by atoms with Crippen LogP contribution in [0.1, 0.15) is 23.2 Å². The molecule has 0 spiro atoms. The third kappa shape index (κ3) is 2.01. The van der Waals surface area contributed by atoms with Gasteiger partial charge in [0.25, 0.3) is 6.43 Å². The molecule has 0 radical (unpaired) electrons. The van der Waals surface area contributed by atoms with Gasteiger partial charge in [-0.15, -0.1) is 0 Å². The van der Waals surface area contributed by atoms with E-state index < -0.39 is 6.43 Å². The molecule has 14 heavy (non-hydrogen) atoms. The van der Waals surface area contributed by atoms with Crippen LogP contribution in [0, 0.1) is 0 Å². The van der Waals surface area contributed by atoms with Crippen LogP contribution in [0.25, 0.3) is 0 Å². The number of nitrogens with two attached hydrogens (primary N) is 1. The van der Waals surface area contributed by atoms with Crippen molar-refractivity contribution in [1.82, 2.24) is 4.98 Å². The van der Waals surface area contributed by atoms with Gasteiger partial charge < -0.3 is 10.8 Å². The summed E-state index contributed by atoms with van der Waals surface area (Å²) in [6, 6.07) is 0. The molecule has 0 aliphatic heterocycles. The summed E-state index contributed by atoms with van der Waals surface area (Å²) in [7, 11) is 0. The van der Waals surface area contributed by atoms with Gasteiger partial charge in [0, 0.05) is 10.9 Å². The van der Waals surface area contributed by atoms with Crippen LogP contribution >= 0.6 is 15.9 Å². The SMILES string of the molecule is Nc1cnc(CO)c(CBr)c1C(F)F. The molecule has 0 aliphatic rings. The van der Waals surface area contributed by atoms with Gasteiger partial charge in [-0.25, -0.2) is 8.78 Å². The number of nitrogen functional groups attached to an aromatic ring is 1. The van der Waals surface area contributed by atoms with Gasteiger partial charge in [-0.2, -0.15) is 0 Å². The molecular formula is C8H9BrF2N2O. The Morgan fingerprint density at radius 1 is 1.57 bits per heavy atom. The minimum atomic E-state index is -2.66. The number of hydrogen-bond donors (Lipinski definition) is 2. The molecule has 78 valence electrons. The highest BCUT2D eigenvalue weighted by molar-refractivity contribution is 9.08. The van der Waals surface area contributed by atoms with Gasteiger partial charge in [-0.05, 0) is 5.56 Å². The van der Waals surface area contributed by atoms with Crippen molar-refractivity contribution in [2.24, 2.45) is 0 Å². The zero-order chi connectivity index (χ0) is 10.7. The monoisotopic (exact) mass is 266 g/mol. The molecule has 1 aromatic heterocycles. The second-order valence-electron chi connectivity index (χ2n) is 2.64. The highest BCUT2D eigenvalue weighted by atomic mass is 79.9. The number of hydrogen-bond acceptors (Lipinski definition) is 3. The molecule has 0 atom stereocenters. The largest absolute Gasteiger partial charge is 0.397 e. The Labute approximate surface area is 88.1 Å². The van der Waals surface area contributed by atoms with Crippen LogP contribution in [0.2, 0.25) is 0 Å². The smallest absolute Gasteiger partial charge is 0.266 e. The Bertz CT molecular complexity index is 333. The van der Waals surface area contributed by atoms with Gasteiger partial charge in [0.05, 0.1) is 24.2 Å². The van der Waals surface area contributed by atoms with Gasteiger partial charge in [0.2, 0.25) is 0 Å². The van der Waals surface area contributed by atoms with E-state index in [1.165, 1.54) is 0 Å². The first-order valence-corrected chi connectivity index (χ1v) is 4.95. The topological polar surface area (TPSA) is 59.1 Å². The zero-order valence-corrected chi connectivity index (χ0v) is 8.76. The van der Waals surface area contributed by atoms with Crippen molar-refractivity contribution in [3.05, 3.63) is 23.0 Å². The predicted octanol–water partition coefficient (Wildman–Crippen LogP) is 1.99. The molecule has 0 fully saturated rings. The Morgan fingerprint density at radius 3 is 2.64 bits per heavy atom. The third-order valence-corrected chi connectivity index (χ3v) is 2.41. The molecule has 0 unspecified atom stereocenters. The lowest BCUT2D eigenvalue weighted by Crippen LogP contribution is -2.06. The molecule has 1 aromatic rings. The average molecular weight is 267 g/mol. The molecule has 3 N–H and O–H groups in total. The maximum atomic E-state index is 12.6. The van der Waals surface area contributed by atoms with Crippen molar-refractivity contribution in [3.63, 3.8) is 0 Å². The van der Waals surface area contributed by atoms with Crippen LogP contribution in [0.5, 0.6) is 0 Å². The number of aliphatic hydroxyl groups excluding tert-OH is 1. The highest BCUT2D eigenvalue weighted by Gasteiger charge is 2.19. The summed E-state index contributed by atoms with van der Waals surface area (Å²) in [5.41, 5.74) is 5.57. The molecule has 0 bridgehead atoms. The number of pyridine rings is 1. The van der Waals surface area contributed by atoms with Gasteiger partial charge >= 0.3 is 0 Å². The van der Waals surface area contributed by atoms with E-state index in [0.717, 1.165) is 6.20 Å². The fourth-order valence-corrected chi connectivity index (χ4v) is 1.79. The zero-order valence-electron chi connectivity index (χ0n) is 7.17. The van der Waals surface area contributed by atoms with Crippen molar-refractivity contribution in [3.8, 4) is 0 Å². The molecule has 0 saturated heterocycles. The molecule has 3 nitrogen and oxygen atoms in total. The second-order valence-corrected chi connectivity index (χ2v) is 3.21. The van der Waals surface area contributed by atoms with E-state index in [2.05, 4.69) is 20.9 Å². The molecule has 0 saturated carbocycles. The number of rotatable bonds is 3. The first-order chi connectivity index (χ1) is 6.61. The Balaban J connectivity index is 3.35. The maximum Gasteiger partial charge on any atom is 0.266 e. The summed E-state index contributed by atoms with van der Waals surface area (Å²) in [6.45, 7) is -0.374. The first-order valence-electron chi connectivity index (χ1n) is 3.82. The maximum absolute atomic E-state index is 12.6. The van der Waals surface area contributed by atoms with Gasteiger partial charge in [-0.1, -0.05) is 15.9 Å². The van der Waals surface area contributed by atoms with E-state index in [9.17, 15) is 8.78 Å². The van der Waals surface area contributed by atoms with Crippen LogP contribution in [-0.2, 0) is 11.9 Å². The molecule has 6 heteroatoms. The molecule has 0 aliphatic carbocycles. The number of aromatic nitrogens is 1. The van der Waals surface area contributed by atoms with Crippen LogP contribution in [0.15, 0.2) is 6.20 Å². The minimum Gasteiger partial charge on any atom is -0.397 e. The van der Waals surface area contributed by atoms with Crippen LogP contribution in [0.3, 0.4) is 0 Å². The quantitative estimate of drug-likeness (QED) is 0.823. The summed E-state index contributed by atoms with van der Waals surface area (Å²) >= 11 is 3.06. The summed E-state index contributed by atoms with van der Waals surface area (Å²) < 4.78 is 25.2. The summed E-state index contributed by atoms with van der Waals surface area (Å²) in [4.78, 5) is 3.77. The fourth-order valence-electron chi connectivity index (χ4n) is 1.17.